The number of ketones is 1. The minimum atomic E-state index is -0.199. The molecule has 1 atom stereocenters. The number of tetrazole rings is 1. The van der Waals surface area contributed by atoms with Gasteiger partial charge in [-0.1, -0.05) is 17.8 Å². The normalized spacial score (nSPS) is 12.2. The van der Waals surface area contributed by atoms with Crippen molar-refractivity contribution in [1.29, 1.82) is 0 Å². The molecule has 2 aromatic rings. The fourth-order valence-electron chi connectivity index (χ4n) is 1.61. The average Bonchev–Trinajstić information content (AvgIpc) is 2.86. The Hall–Kier alpha value is -1.89. The van der Waals surface area contributed by atoms with Gasteiger partial charge in [0.15, 0.2) is 0 Å². The van der Waals surface area contributed by atoms with Crippen molar-refractivity contribution in [3.05, 3.63) is 23.8 Å². The van der Waals surface area contributed by atoms with Crippen LogP contribution in [-0.2, 0) is 4.79 Å². The summed E-state index contributed by atoms with van der Waals surface area (Å²) in [5.41, 5.74) is 1.84. The summed E-state index contributed by atoms with van der Waals surface area (Å²) in [6.45, 7) is 5.37. The summed E-state index contributed by atoms with van der Waals surface area (Å²) in [5.74, 6) is 0.765. The zero-order valence-corrected chi connectivity index (χ0v) is 12.6. The first kappa shape index (κ1) is 14.5. The van der Waals surface area contributed by atoms with Crippen LogP contribution in [0.1, 0.15) is 19.4 Å². The van der Waals surface area contributed by atoms with Crippen LogP contribution in [0.5, 0.6) is 5.75 Å². The van der Waals surface area contributed by atoms with Gasteiger partial charge in [0.1, 0.15) is 17.2 Å². The summed E-state index contributed by atoms with van der Waals surface area (Å²) >= 11 is 1.33. The molecule has 106 valence electrons. The number of hydrogen-bond acceptors (Lipinski definition) is 6. The first-order valence-electron chi connectivity index (χ1n) is 6.13. The minimum absolute atomic E-state index is 0.0840. The SMILES string of the molecule is COc1ccc(C)cc1-n1nnnc1SC(C)C(C)=O. The van der Waals surface area contributed by atoms with Crippen molar-refractivity contribution >= 4 is 17.5 Å². The number of carbonyl (C=O) groups is 1. The maximum absolute atomic E-state index is 11.4. The molecular weight excluding hydrogens is 276 g/mol. The van der Waals surface area contributed by atoms with Gasteiger partial charge in [-0.05, 0) is 48.9 Å². The average molecular weight is 292 g/mol. The Morgan fingerprint density at radius 2 is 2.20 bits per heavy atom. The molecule has 1 aromatic heterocycles. The summed E-state index contributed by atoms with van der Waals surface area (Å²) < 4.78 is 6.93. The number of methoxy groups -OCH3 is 1. The molecular formula is C13H16N4O2S. The van der Waals surface area contributed by atoms with Gasteiger partial charge in [0.05, 0.1) is 12.4 Å². The number of thioether (sulfide) groups is 1. The molecule has 0 radical (unpaired) electrons. The van der Waals surface area contributed by atoms with Crippen molar-refractivity contribution in [3.8, 4) is 11.4 Å². The highest BCUT2D eigenvalue weighted by atomic mass is 32.2. The Kier molecular flexibility index (Phi) is 4.39. The Bertz CT molecular complexity index is 627. The number of rotatable bonds is 5. The third kappa shape index (κ3) is 2.98. The third-order valence-electron chi connectivity index (χ3n) is 2.86. The van der Waals surface area contributed by atoms with E-state index in [0.29, 0.717) is 10.9 Å². The number of aromatic nitrogens is 4. The number of Topliss-reactive ketones (excluding diaryl/α,β-unsaturated/α-hetero) is 1. The molecule has 0 spiro atoms. The van der Waals surface area contributed by atoms with Crippen molar-refractivity contribution in [2.24, 2.45) is 0 Å². The molecule has 0 amide bonds. The van der Waals surface area contributed by atoms with Gasteiger partial charge < -0.3 is 4.74 Å². The molecule has 7 heteroatoms. The fourth-order valence-corrected chi connectivity index (χ4v) is 2.41. The van der Waals surface area contributed by atoms with E-state index in [1.165, 1.54) is 11.8 Å². The summed E-state index contributed by atoms with van der Waals surface area (Å²) in [6.07, 6.45) is 0. The number of ether oxygens (including phenoxy) is 1. The molecule has 0 bridgehead atoms. The Morgan fingerprint density at radius 3 is 2.85 bits per heavy atom. The molecule has 0 aliphatic rings. The van der Waals surface area contributed by atoms with Crippen LogP contribution in [0.15, 0.2) is 23.4 Å². The topological polar surface area (TPSA) is 69.9 Å². The summed E-state index contributed by atoms with van der Waals surface area (Å²) in [4.78, 5) is 11.4. The highest BCUT2D eigenvalue weighted by Crippen LogP contribution is 2.28. The van der Waals surface area contributed by atoms with E-state index in [4.69, 9.17) is 4.74 Å². The van der Waals surface area contributed by atoms with E-state index in [9.17, 15) is 4.79 Å². The Balaban J connectivity index is 2.41. The molecule has 0 fully saturated rings. The first-order chi connectivity index (χ1) is 9.52. The number of hydrogen-bond donors (Lipinski definition) is 0. The van der Waals surface area contributed by atoms with Gasteiger partial charge in [-0.15, -0.1) is 5.10 Å². The standard InChI is InChI=1S/C13H16N4O2S/c1-8-5-6-12(19-4)11(7-8)17-13(14-15-16-17)20-10(3)9(2)18/h5-7,10H,1-4H3. The molecule has 1 aromatic carbocycles. The van der Waals surface area contributed by atoms with Crippen molar-refractivity contribution in [2.45, 2.75) is 31.2 Å². The molecule has 0 saturated carbocycles. The van der Waals surface area contributed by atoms with Crippen LogP contribution in [0, 0.1) is 6.92 Å². The second kappa shape index (κ2) is 6.04. The van der Waals surface area contributed by atoms with E-state index < -0.39 is 0 Å². The van der Waals surface area contributed by atoms with Crippen molar-refractivity contribution in [2.75, 3.05) is 7.11 Å². The van der Waals surface area contributed by atoms with E-state index in [1.54, 1.807) is 18.7 Å². The zero-order chi connectivity index (χ0) is 14.7. The van der Waals surface area contributed by atoms with Gasteiger partial charge in [-0.3, -0.25) is 4.79 Å². The zero-order valence-electron chi connectivity index (χ0n) is 11.8. The van der Waals surface area contributed by atoms with Gasteiger partial charge in [-0.2, -0.15) is 4.68 Å². The molecule has 1 unspecified atom stereocenters. The van der Waals surface area contributed by atoms with Crippen molar-refractivity contribution in [3.63, 3.8) is 0 Å². The van der Waals surface area contributed by atoms with E-state index in [-0.39, 0.29) is 11.0 Å². The molecule has 0 saturated heterocycles. The lowest BCUT2D eigenvalue weighted by atomic mass is 10.2. The lowest BCUT2D eigenvalue weighted by Crippen LogP contribution is -2.10. The Morgan fingerprint density at radius 1 is 1.45 bits per heavy atom. The minimum Gasteiger partial charge on any atom is -0.494 e. The second-order valence-electron chi connectivity index (χ2n) is 4.42. The third-order valence-corrected chi connectivity index (χ3v) is 4.01. The van der Waals surface area contributed by atoms with Crippen LogP contribution in [0.2, 0.25) is 0 Å². The van der Waals surface area contributed by atoms with E-state index in [2.05, 4.69) is 15.5 Å². The maximum Gasteiger partial charge on any atom is 0.214 e. The van der Waals surface area contributed by atoms with Gasteiger partial charge in [0.2, 0.25) is 5.16 Å². The molecule has 0 aliphatic heterocycles. The van der Waals surface area contributed by atoms with Crippen molar-refractivity contribution in [1.82, 2.24) is 20.2 Å². The predicted molar refractivity (Wildman–Crippen MR) is 76.4 cm³/mol. The predicted octanol–water partition coefficient (Wildman–Crippen LogP) is 2.05. The highest BCUT2D eigenvalue weighted by molar-refractivity contribution is 8.00. The molecule has 20 heavy (non-hydrogen) atoms. The lowest BCUT2D eigenvalue weighted by Gasteiger charge is -2.11. The second-order valence-corrected chi connectivity index (χ2v) is 5.73. The monoisotopic (exact) mass is 292 g/mol. The van der Waals surface area contributed by atoms with E-state index >= 15 is 0 Å². The summed E-state index contributed by atoms with van der Waals surface area (Å²) in [7, 11) is 1.60. The maximum atomic E-state index is 11.4. The van der Waals surface area contributed by atoms with Crippen LogP contribution in [-0.4, -0.2) is 38.4 Å². The highest BCUT2D eigenvalue weighted by Gasteiger charge is 2.18. The van der Waals surface area contributed by atoms with Crippen LogP contribution in [0.25, 0.3) is 5.69 Å². The molecule has 1 heterocycles. The fraction of sp³-hybridized carbons (Fsp3) is 0.385. The molecule has 2 rings (SSSR count). The van der Waals surface area contributed by atoms with Gasteiger partial charge in [0.25, 0.3) is 0 Å². The van der Waals surface area contributed by atoms with Crippen LogP contribution in [0.4, 0.5) is 0 Å². The summed E-state index contributed by atoms with van der Waals surface area (Å²) in [5, 5.41) is 12.0. The molecule has 0 N–H and O–H groups in total. The van der Waals surface area contributed by atoms with Gasteiger partial charge in [-0.25, -0.2) is 0 Å². The van der Waals surface area contributed by atoms with Crippen LogP contribution in [0.3, 0.4) is 0 Å². The van der Waals surface area contributed by atoms with Gasteiger partial charge >= 0.3 is 0 Å². The lowest BCUT2D eigenvalue weighted by molar-refractivity contribution is -0.116. The molecule has 6 nitrogen and oxygen atoms in total. The first-order valence-corrected chi connectivity index (χ1v) is 7.01. The number of aryl methyl sites for hydroxylation is 1. The van der Waals surface area contributed by atoms with Crippen LogP contribution < -0.4 is 4.74 Å². The number of benzene rings is 1. The Labute approximate surface area is 121 Å². The van der Waals surface area contributed by atoms with Crippen molar-refractivity contribution < 1.29 is 9.53 Å². The molecule has 0 aliphatic carbocycles. The number of nitrogens with zero attached hydrogens (tertiary/aromatic N) is 4. The number of carbonyl (C=O) groups excluding carboxylic acids is 1. The van der Waals surface area contributed by atoms with Crippen LogP contribution >= 0.6 is 11.8 Å². The smallest absolute Gasteiger partial charge is 0.214 e. The quantitative estimate of drug-likeness (QED) is 0.786. The summed E-state index contributed by atoms with van der Waals surface area (Å²) in [6, 6.07) is 5.77. The van der Waals surface area contributed by atoms with E-state index in [1.807, 2.05) is 32.0 Å². The van der Waals surface area contributed by atoms with Gasteiger partial charge in [0, 0.05) is 0 Å². The van der Waals surface area contributed by atoms with E-state index in [0.717, 1.165) is 11.3 Å². The largest absolute Gasteiger partial charge is 0.494 e.